The number of nitrogens with one attached hydrogen (secondary N) is 1. The minimum Gasteiger partial charge on any atom is -0.372 e. The summed E-state index contributed by atoms with van der Waals surface area (Å²) in [6.07, 6.45) is 0.115. The first-order valence-electron chi connectivity index (χ1n) is 9.01. The van der Waals surface area contributed by atoms with Crippen LogP contribution in [0.3, 0.4) is 0 Å². The molecule has 6 heteroatoms. The summed E-state index contributed by atoms with van der Waals surface area (Å²) in [5.74, 6) is 0.0285. The lowest BCUT2D eigenvalue weighted by molar-refractivity contribution is -0.0586. The Hall–Kier alpha value is -2.08. The van der Waals surface area contributed by atoms with Gasteiger partial charge in [0.25, 0.3) is 5.91 Å². The molecule has 1 aliphatic heterocycles. The Bertz CT molecular complexity index is 574. The Morgan fingerprint density at radius 1 is 1.12 bits per heavy atom. The fraction of sp³-hybridized carbons (Fsp3) is 0.579. The lowest BCUT2D eigenvalue weighted by Crippen LogP contribution is -2.48. The third-order valence-electron chi connectivity index (χ3n) is 4.40. The van der Waals surface area contributed by atoms with Crippen LogP contribution in [0.5, 0.6) is 0 Å². The minimum absolute atomic E-state index is 0.0285. The van der Waals surface area contributed by atoms with Crippen molar-refractivity contribution < 1.29 is 14.3 Å². The molecule has 1 N–H and O–H groups in total. The lowest BCUT2D eigenvalue weighted by atomic mass is 10.1. The summed E-state index contributed by atoms with van der Waals surface area (Å²) in [5, 5.41) is 2.90. The van der Waals surface area contributed by atoms with E-state index in [9.17, 15) is 9.59 Å². The molecule has 0 saturated carbocycles. The Morgan fingerprint density at radius 2 is 1.68 bits per heavy atom. The van der Waals surface area contributed by atoms with Gasteiger partial charge in [-0.1, -0.05) is 12.1 Å². The number of hydrogen-bond donors (Lipinski definition) is 1. The number of benzene rings is 1. The van der Waals surface area contributed by atoms with E-state index in [-0.39, 0.29) is 24.1 Å². The minimum atomic E-state index is -0.0681. The molecule has 2 atom stereocenters. The van der Waals surface area contributed by atoms with Crippen LogP contribution >= 0.6 is 0 Å². The van der Waals surface area contributed by atoms with Crippen LogP contribution in [0.2, 0.25) is 0 Å². The maximum absolute atomic E-state index is 12.6. The molecular weight excluding hydrogens is 318 g/mol. The molecule has 1 heterocycles. The van der Waals surface area contributed by atoms with Gasteiger partial charge in [0.2, 0.25) is 0 Å². The van der Waals surface area contributed by atoms with Crippen LogP contribution in [0.4, 0.5) is 4.79 Å². The maximum atomic E-state index is 12.6. The molecule has 2 unspecified atom stereocenters. The molecule has 0 aromatic heterocycles. The molecule has 0 bridgehead atoms. The zero-order chi connectivity index (χ0) is 18.4. The fourth-order valence-electron chi connectivity index (χ4n) is 3.09. The average molecular weight is 347 g/mol. The van der Waals surface area contributed by atoms with E-state index in [0.29, 0.717) is 38.3 Å². The molecule has 0 aliphatic carbocycles. The second kappa shape index (κ2) is 8.85. The van der Waals surface area contributed by atoms with E-state index < -0.39 is 0 Å². The number of morpholine rings is 1. The zero-order valence-electron chi connectivity index (χ0n) is 15.6. The molecule has 0 spiro atoms. The number of carbonyl (C=O) groups is 2. The van der Waals surface area contributed by atoms with Gasteiger partial charge in [-0.3, -0.25) is 4.79 Å². The van der Waals surface area contributed by atoms with Gasteiger partial charge in [-0.2, -0.15) is 0 Å². The van der Waals surface area contributed by atoms with Crippen molar-refractivity contribution in [3.8, 4) is 0 Å². The summed E-state index contributed by atoms with van der Waals surface area (Å²) >= 11 is 0. The Kier molecular flexibility index (Phi) is 6.82. The van der Waals surface area contributed by atoms with Crippen molar-refractivity contribution in [2.75, 3.05) is 26.2 Å². The second-order valence-corrected chi connectivity index (χ2v) is 6.50. The van der Waals surface area contributed by atoms with Gasteiger partial charge >= 0.3 is 6.03 Å². The van der Waals surface area contributed by atoms with Crippen molar-refractivity contribution in [1.82, 2.24) is 15.1 Å². The summed E-state index contributed by atoms with van der Waals surface area (Å²) < 4.78 is 5.68. The van der Waals surface area contributed by atoms with Gasteiger partial charge in [0.15, 0.2) is 0 Å². The van der Waals surface area contributed by atoms with Crippen molar-refractivity contribution >= 4 is 11.9 Å². The molecule has 1 aromatic carbocycles. The molecule has 1 aliphatic rings. The van der Waals surface area contributed by atoms with Crippen molar-refractivity contribution in [1.29, 1.82) is 0 Å². The van der Waals surface area contributed by atoms with E-state index in [2.05, 4.69) is 5.32 Å². The van der Waals surface area contributed by atoms with Crippen LogP contribution in [-0.4, -0.2) is 60.1 Å². The zero-order valence-corrected chi connectivity index (χ0v) is 15.6. The van der Waals surface area contributed by atoms with E-state index in [1.807, 2.05) is 56.9 Å². The van der Waals surface area contributed by atoms with Crippen molar-refractivity contribution in [3.63, 3.8) is 0 Å². The van der Waals surface area contributed by atoms with Crippen LogP contribution in [-0.2, 0) is 11.3 Å². The molecular formula is C19H29N3O3. The molecule has 3 amide bonds. The Labute approximate surface area is 150 Å². The molecule has 138 valence electrons. The predicted octanol–water partition coefficient (Wildman–Crippen LogP) is 2.49. The highest BCUT2D eigenvalue weighted by Gasteiger charge is 2.26. The highest BCUT2D eigenvalue weighted by atomic mass is 16.5. The van der Waals surface area contributed by atoms with Gasteiger partial charge in [0.05, 0.1) is 12.2 Å². The summed E-state index contributed by atoms with van der Waals surface area (Å²) in [4.78, 5) is 28.2. The van der Waals surface area contributed by atoms with Crippen molar-refractivity contribution in [3.05, 3.63) is 35.4 Å². The van der Waals surface area contributed by atoms with Crippen LogP contribution in [0.15, 0.2) is 24.3 Å². The molecule has 1 saturated heterocycles. The highest BCUT2D eigenvalue weighted by molar-refractivity contribution is 5.94. The first kappa shape index (κ1) is 19.2. The number of nitrogens with zero attached hydrogens (tertiary/aromatic N) is 2. The molecule has 25 heavy (non-hydrogen) atoms. The smallest absolute Gasteiger partial charge is 0.317 e. The van der Waals surface area contributed by atoms with Gasteiger partial charge in [0, 0.05) is 38.3 Å². The van der Waals surface area contributed by atoms with Gasteiger partial charge in [-0.05, 0) is 45.4 Å². The maximum Gasteiger partial charge on any atom is 0.317 e. The molecule has 1 aromatic rings. The third kappa shape index (κ3) is 5.19. The fourth-order valence-corrected chi connectivity index (χ4v) is 3.09. The molecule has 0 radical (unpaired) electrons. The summed E-state index contributed by atoms with van der Waals surface area (Å²) in [6, 6.07) is 7.37. The topological polar surface area (TPSA) is 61.9 Å². The van der Waals surface area contributed by atoms with E-state index >= 15 is 0 Å². The number of rotatable bonds is 5. The Morgan fingerprint density at radius 3 is 2.20 bits per heavy atom. The lowest BCUT2D eigenvalue weighted by Gasteiger charge is -2.35. The van der Waals surface area contributed by atoms with Crippen molar-refractivity contribution in [2.45, 2.75) is 46.4 Å². The molecule has 6 nitrogen and oxygen atoms in total. The Balaban J connectivity index is 1.93. The number of carbonyl (C=O) groups excluding carboxylic acids is 2. The van der Waals surface area contributed by atoms with E-state index in [1.165, 1.54) is 0 Å². The van der Waals surface area contributed by atoms with E-state index in [0.717, 1.165) is 5.56 Å². The van der Waals surface area contributed by atoms with Crippen LogP contribution in [0.25, 0.3) is 0 Å². The van der Waals surface area contributed by atoms with Crippen molar-refractivity contribution in [2.24, 2.45) is 0 Å². The number of ether oxygens (including phenoxy) is 1. The van der Waals surface area contributed by atoms with Crippen LogP contribution in [0, 0.1) is 0 Å². The second-order valence-electron chi connectivity index (χ2n) is 6.50. The SMILES string of the molecule is CCN(CC)C(=O)NCc1ccc(C(=O)N2CC(C)OC(C)C2)cc1. The molecule has 1 fully saturated rings. The quantitative estimate of drug-likeness (QED) is 0.890. The summed E-state index contributed by atoms with van der Waals surface area (Å²) in [7, 11) is 0. The van der Waals surface area contributed by atoms with E-state index in [1.54, 1.807) is 4.90 Å². The predicted molar refractivity (Wildman–Crippen MR) is 97.5 cm³/mol. The van der Waals surface area contributed by atoms with E-state index in [4.69, 9.17) is 4.74 Å². The van der Waals surface area contributed by atoms with Gasteiger partial charge in [-0.15, -0.1) is 0 Å². The molecule has 2 rings (SSSR count). The average Bonchev–Trinajstić information content (AvgIpc) is 2.60. The number of hydrogen-bond acceptors (Lipinski definition) is 3. The first-order chi connectivity index (χ1) is 11.9. The normalized spacial score (nSPS) is 20.2. The third-order valence-corrected chi connectivity index (χ3v) is 4.40. The first-order valence-corrected chi connectivity index (χ1v) is 9.01. The summed E-state index contributed by atoms with van der Waals surface area (Å²) in [5.41, 5.74) is 1.64. The highest BCUT2D eigenvalue weighted by Crippen LogP contribution is 2.15. The monoisotopic (exact) mass is 347 g/mol. The largest absolute Gasteiger partial charge is 0.372 e. The number of amides is 3. The van der Waals surface area contributed by atoms with Crippen LogP contribution < -0.4 is 5.32 Å². The standard InChI is InChI=1S/C19H29N3O3/c1-5-21(6-2)19(24)20-11-16-7-9-17(10-8-16)18(23)22-12-14(3)25-15(4)13-22/h7-10,14-15H,5-6,11-13H2,1-4H3,(H,20,24). The van der Waals surface area contributed by atoms with Gasteiger partial charge in [-0.25, -0.2) is 4.79 Å². The van der Waals surface area contributed by atoms with Gasteiger partial charge in [0.1, 0.15) is 0 Å². The van der Waals surface area contributed by atoms with Crippen LogP contribution in [0.1, 0.15) is 43.6 Å². The van der Waals surface area contributed by atoms with Gasteiger partial charge < -0.3 is 19.9 Å². The number of urea groups is 1. The summed E-state index contributed by atoms with van der Waals surface area (Å²) in [6.45, 7) is 10.9.